The highest BCUT2D eigenvalue weighted by Gasteiger charge is 2.26. The van der Waals surface area contributed by atoms with E-state index in [-0.39, 0.29) is 5.75 Å². The Bertz CT molecular complexity index is 1090. The minimum absolute atomic E-state index is 0.0172. The van der Waals surface area contributed by atoms with Crippen molar-refractivity contribution in [2.24, 2.45) is 0 Å². The molecule has 0 atom stereocenters. The average molecular weight is 439 g/mol. The van der Waals surface area contributed by atoms with Crippen molar-refractivity contribution in [1.82, 2.24) is 9.97 Å². The summed E-state index contributed by atoms with van der Waals surface area (Å²) >= 11 is 9.74. The van der Waals surface area contributed by atoms with Crippen LogP contribution in [0.25, 0.3) is 10.9 Å². The van der Waals surface area contributed by atoms with Gasteiger partial charge in [-0.3, -0.25) is 0 Å². The monoisotopic (exact) mass is 437 g/mol. The maximum Gasteiger partial charge on any atom is 0.227 e. The number of benzene rings is 2. The molecule has 0 bridgehead atoms. The van der Waals surface area contributed by atoms with Crippen molar-refractivity contribution >= 4 is 54.2 Å². The summed E-state index contributed by atoms with van der Waals surface area (Å²) in [7, 11) is -3.31. The summed E-state index contributed by atoms with van der Waals surface area (Å²) in [6.07, 6.45) is 0. The maximum absolute atomic E-state index is 12.5. The van der Waals surface area contributed by atoms with Crippen LogP contribution < -0.4 is 4.90 Å². The Morgan fingerprint density at radius 2 is 1.92 bits per heavy atom. The first-order chi connectivity index (χ1) is 11.9. The molecule has 4 rings (SSSR count). The minimum Gasteiger partial charge on any atom is -0.335 e. The Labute approximate surface area is 158 Å². The summed E-state index contributed by atoms with van der Waals surface area (Å²) in [4.78, 5) is 11.2. The first-order valence-corrected chi connectivity index (χ1v) is 10.4. The van der Waals surface area contributed by atoms with Crippen molar-refractivity contribution in [2.45, 2.75) is 11.4 Å². The van der Waals surface area contributed by atoms with Gasteiger partial charge in [-0.2, -0.15) is 0 Å². The third-order valence-corrected chi connectivity index (χ3v) is 6.75. The molecule has 0 aliphatic carbocycles. The molecule has 5 nitrogen and oxygen atoms in total. The smallest absolute Gasteiger partial charge is 0.227 e. The van der Waals surface area contributed by atoms with E-state index in [1.165, 1.54) is 0 Å². The molecule has 0 spiro atoms. The van der Waals surface area contributed by atoms with E-state index >= 15 is 0 Å². The molecule has 1 aliphatic rings. The van der Waals surface area contributed by atoms with Crippen molar-refractivity contribution < 1.29 is 8.42 Å². The Morgan fingerprint density at radius 3 is 2.76 bits per heavy atom. The number of fused-ring (bicyclic) bond motifs is 2. The second-order valence-electron chi connectivity index (χ2n) is 5.82. The van der Waals surface area contributed by atoms with Crippen LogP contribution in [0.3, 0.4) is 0 Å². The SMILES string of the molecule is O=S1(=O)CCN(c2nc(Cl)c3cc(Br)ccc3n2)Cc2ccccc21. The predicted octanol–water partition coefficient (Wildman–Crippen LogP) is 3.84. The summed E-state index contributed by atoms with van der Waals surface area (Å²) < 4.78 is 25.9. The van der Waals surface area contributed by atoms with E-state index in [2.05, 4.69) is 25.9 Å². The van der Waals surface area contributed by atoms with E-state index in [9.17, 15) is 8.42 Å². The molecular formula is C17H13BrClN3O2S. The highest BCUT2D eigenvalue weighted by atomic mass is 79.9. The number of anilines is 1. The van der Waals surface area contributed by atoms with Crippen LogP contribution in [0.4, 0.5) is 5.95 Å². The minimum atomic E-state index is -3.31. The molecule has 3 aromatic rings. The molecule has 8 heteroatoms. The van der Waals surface area contributed by atoms with E-state index in [0.29, 0.717) is 29.1 Å². The zero-order chi connectivity index (χ0) is 17.6. The molecule has 25 heavy (non-hydrogen) atoms. The van der Waals surface area contributed by atoms with Crippen LogP contribution in [0.5, 0.6) is 0 Å². The topological polar surface area (TPSA) is 63.2 Å². The van der Waals surface area contributed by atoms with Crippen molar-refractivity contribution in [3.63, 3.8) is 0 Å². The summed E-state index contributed by atoms with van der Waals surface area (Å²) in [5.41, 5.74) is 1.47. The number of aromatic nitrogens is 2. The fourth-order valence-electron chi connectivity index (χ4n) is 2.93. The van der Waals surface area contributed by atoms with Crippen LogP contribution in [0.15, 0.2) is 51.8 Å². The Hall–Kier alpha value is -1.70. The molecule has 0 fully saturated rings. The molecule has 0 saturated carbocycles. The number of halogens is 2. The van der Waals surface area contributed by atoms with Gasteiger partial charge in [0.05, 0.1) is 16.2 Å². The van der Waals surface area contributed by atoms with E-state index in [4.69, 9.17) is 11.6 Å². The van der Waals surface area contributed by atoms with Crippen molar-refractivity contribution in [2.75, 3.05) is 17.2 Å². The first-order valence-electron chi connectivity index (χ1n) is 7.62. The molecule has 0 N–H and O–H groups in total. The maximum atomic E-state index is 12.5. The number of nitrogens with zero attached hydrogens (tertiary/aromatic N) is 3. The summed E-state index contributed by atoms with van der Waals surface area (Å²) in [5.74, 6) is 0.454. The number of rotatable bonds is 1. The van der Waals surface area contributed by atoms with Gasteiger partial charge in [0.1, 0.15) is 5.15 Å². The Morgan fingerprint density at radius 1 is 1.12 bits per heavy atom. The molecule has 2 heterocycles. The summed E-state index contributed by atoms with van der Waals surface area (Å²) in [5, 5.41) is 1.10. The standard InChI is InChI=1S/C17H13BrClN3O2S/c18-12-5-6-14-13(9-12)16(19)21-17(20-14)22-7-8-25(23,24)15-4-2-1-3-11(15)10-22/h1-6,9H,7-8,10H2. The van der Waals surface area contributed by atoms with Crippen LogP contribution in [0.1, 0.15) is 5.56 Å². The van der Waals surface area contributed by atoms with Crippen LogP contribution in [0.2, 0.25) is 5.15 Å². The fraction of sp³-hybridized carbons (Fsp3) is 0.176. The highest BCUT2D eigenvalue weighted by Crippen LogP contribution is 2.29. The van der Waals surface area contributed by atoms with Crippen molar-refractivity contribution in [1.29, 1.82) is 0 Å². The average Bonchev–Trinajstić information content (AvgIpc) is 2.72. The van der Waals surface area contributed by atoms with Crippen LogP contribution in [-0.2, 0) is 16.4 Å². The molecule has 0 unspecified atom stereocenters. The van der Waals surface area contributed by atoms with Crippen LogP contribution >= 0.6 is 27.5 Å². The van der Waals surface area contributed by atoms with Crippen molar-refractivity contribution in [3.8, 4) is 0 Å². The normalized spacial score (nSPS) is 16.5. The van der Waals surface area contributed by atoms with Crippen LogP contribution in [-0.4, -0.2) is 30.7 Å². The lowest BCUT2D eigenvalue weighted by Gasteiger charge is -2.20. The van der Waals surface area contributed by atoms with Crippen LogP contribution in [0, 0.1) is 0 Å². The molecule has 0 radical (unpaired) electrons. The highest BCUT2D eigenvalue weighted by molar-refractivity contribution is 9.10. The lowest BCUT2D eigenvalue weighted by molar-refractivity contribution is 0.596. The van der Waals surface area contributed by atoms with Gasteiger partial charge in [0.25, 0.3) is 0 Å². The second-order valence-corrected chi connectivity index (χ2v) is 9.18. The fourth-order valence-corrected chi connectivity index (χ4v) is 5.01. The molecule has 1 aromatic heterocycles. The van der Waals surface area contributed by atoms with Gasteiger partial charge in [0, 0.05) is 22.9 Å². The van der Waals surface area contributed by atoms with Crippen molar-refractivity contribution in [3.05, 3.63) is 57.7 Å². The lowest BCUT2D eigenvalue weighted by Crippen LogP contribution is -2.27. The lowest BCUT2D eigenvalue weighted by atomic mass is 10.2. The van der Waals surface area contributed by atoms with E-state index in [1.807, 2.05) is 35.2 Å². The zero-order valence-electron chi connectivity index (χ0n) is 13.0. The zero-order valence-corrected chi connectivity index (χ0v) is 16.1. The molecule has 128 valence electrons. The van der Waals surface area contributed by atoms with E-state index < -0.39 is 9.84 Å². The molecule has 0 saturated heterocycles. The second kappa shape index (κ2) is 6.23. The first kappa shape index (κ1) is 16.8. The number of hydrogen-bond acceptors (Lipinski definition) is 5. The van der Waals surface area contributed by atoms with Gasteiger partial charge in [-0.15, -0.1) is 0 Å². The van der Waals surface area contributed by atoms with Gasteiger partial charge in [0.2, 0.25) is 5.95 Å². The third kappa shape index (κ3) is 3.12. The predicted molar refractivity (Wildman–Crippen MR) is 102 cm³/mol. The summed E-state index contributed by atoms with van der Waals surface area (Å²) in [6, 6.07) is 12.7. The van der Waals surface area contributed by atoms with Gasteiger partial charge >= 0.3 is 0 Å². The quantitative estimate of drug-likeness (QED) is 0.540. The largest absolute Gasteiger partial charge is 0.335 e. The van der Waals surface area contributed by atoms with Gasteiger partial charge in [0.15, 0.2) is 9.84 Å². The number of hydrogen-bond donors (Lipinski definition) is 0. The van der Waals surface area contributed by atoms with Gasteiger partial charge < -0.3 is 4.90 Å². The molecular weight excluding hydrogens is 426 g/mol. The summed E-state index contributed by atoms with van der Waals surface area (Å²) in [6.45, 7) is 0.739. The Balaban J connectivity index is 1.81. The van der Waals surface area contributed by atoms with E-state index in [1.54, 1.807) is 12.1 Å². The van der Waals surface area contributed by atoms with E-state index in [0.717, 1.165) is 20.9 Å². The molecule has 1 aliphatic heterocycles. The number of sulfone groups is 1. The molecule has 0 amide bonds. The van der Waals surface area contributed by atoms with Gasteiger partial charge in [-0.05, 0) is 29.8 Å². The Kier molecular flexibility index (Phi) is 4.17. The van der Waals surface area contributed by atoms with Gasteiger partial charge in [-0.25, -0.2) is 18.4 Å². The van der Waals surface area contributed by atoms with Gasteiger partial charge in [-0.1, -0.05) is 45.7 Å². The third-order valence-electron chi connectivity index (χ3n) is 4.18. The molecule has 2 aromatic carbocycles.